The molecule has 20 heavy (non-hydrogen) atoms. The Hall–Kier alpha value is -1.13. The summed E-state index contributed by atoms with van der Waals surface area (Å²) in [5.41, 5.74) is 1.01. The third kappa shape index (κ3) is 4.18. The van der Waals surface area contributed by atoms with Crippen molar-refractivity contribution in [3.8, 4) is 5.75 Å². The van der Waals surface area contributed by atoms with Gasteiger partial charge in [-0.25, -0.2) is 4.39 Å². The monoisotopic (exact) mass is 280 g/mol. The number of hydrogen-bond donors (Lipinski definition) is 1. The Morgan fingerprint density at radius 2 is 2.05 bits per heavy atom. The maximum atomic E-state index is 13.4. The topological polar surface area (TPSA) is 24.5 Å². The lowest BCUT2D eigenvalue weighted by Gasteiger charge is -2.26. The Morgan fingerprint density at radius 3 is 2.75 bits per heavy atom. The van der Waals surface area contributed by atoms with Crippen LogP contribution in [0.25, 0.3) is 0 Å². The van der Waals surface area contributed by atoms with Gasteiger partial charge in [-0.3, -0.25) is 4.90 Å². The number of rotatable bonds is 6. The summed E-state index contributed by atoms with van der Waals surface area (Å²) < 4.78 is 19.2. The van der Waals surface area contributed by atoms with Crippen LogP contribution in [-0.4, -0.2) is 38.2 Å². The first kappa shape index (κ1) is 15.3. The van der Waals surface area contributed by atoms with Crippen LogP contribution in [0.4, 0.5) is 4.39 Å². The lowest BCUT2D eigenvalue weighted by molar-refractivity contribution is 0.182. The number of benzene rings is 1. The van der Waals surface area contributed by atoms with Gasteiger partial charge in [0.1, 0.15) is 18.2 Å². The van der Waals surface area contributed by atoms with Gasteiger partial charge in [-0.2, -0.15) is 0 Å². The second-order valence-electron chi connectivity index (χ2n) is 5.44. The average molecular weight is 280 g/mol. The molecule has 1 fully saturated rings. The van der Waals surface area contributed by atoms with Crippen molar-refractivity contribution in [1.29, 1.82) is 0 Å². The third-order valence-electron chi connectivity index (χ3n) is 3.99. The summed E-state index contributed by atoms with van der Waals surface area (Å²) in [5.74, 6) is 0.411. The quantitative estimate of drug-likeness (QED) is 0.867. The van der Waals surface area contributed by atoms with Crippen molar-refractivity contribution in [1.82, 2.24) is 10.2 Å². The Bertz CT molecular complexity index is 419. The van der Waals surface area contributed by atoms with Crippen molar-refractivity contribution in [3.63, 3.8) is 0 Å². The zero-order valence-electron chi connectivity index (χ0n) is 12.5. The van der Waals surface area contributed by atoms with E-state index >= 15 is 0 Å². The molecule has 1 heterocycles. The molecule has 1 aliphatic rings. The largest absolute Gasteiger partial charge is 0.492 e. The van der Waals surface area contributed by atoms with E-state index in [2.05, 4.69) is 10.2 Å². The highest BCUT2D eigenvalue weighted by Crippen LogP contribution is 2.26. The number of ether oxygens (including phenoxy) is 1. The van der Waals surface area contributed by atoms with Gasteiger partial charge in [0, 0.05) is 24.2 Å². The molecule has 112 valence electrons. The first-order valence-corrected chi connectivity index (χ1v) is 7.52. The Morgan fingerprint density at radius 1 is 1.30 bits per heavy atom. The predicted octanol–water partition coefficient (Wildman–Crippen LogP) is 2.97. The number of halogens is 1. The van der Waals surface area contributed by atoms with Crippen LogP contribution in [0.5, 0.6) is 5.75 Å². The van der Waals surface area contributed by atoms with Crippen LogP contribution in [0.15, 0.2) is 18.2 Å². The van der Waals surface area contributed by atoms with E-state index in [4.69, 9.17) is 4.74 Å². The summed E-state index contributed by atoms with van der Waals surface area (Å²) in [7, 11) is 1.89. The molecule has 1 unspecified atom stereocenters. The second-order valence-corrected chi connectivity index (χ2v) is 5.44. The van der Waals surface area contributed by atoms with E-state index in [1.165, 1.54) is 31.4 Å². The first-order valence-electron chi connectivity index (χ1n) is 7.52. The van der Waals surface area contributed by atoms with E-state index in [0.717, 1.165) is 25.2 Å². The van der Waals surface area contributed by atoms with Crippen molar-refractivity contribution in [3.05, 3.63) is 29.6 Å². The predicted molar refractivity (Wildman–Crippen MR) is 79.7 cm³/mol. The minimum Gasteiger partial charge on any atom is -0.492 e. The second kappa shape index (κ2) is 7.60. The zero-order valence-corrected chi connectivity index (χ0v) is 12.5. The maximum Gasteiger partial charge on any atom is 0.127 e. The highest BCUT2D eigenvalue weighted by atomic mass is 19.1. The summed E-state index contributed by atoms with van der Waals surface area (Å²) in [4.78, 5) is 2.42. The molecular weight excluding hydrogens is 255 g/mol. The van der Waals surface area contributed by atoms with Crippen LogP contribution in [0.3, 0.4) is 0 Å². The average Bonchev–Trinajstić information content (AvgIpc) is 2.48. The zero-order chi connectivity index (χ0) is 14.4. The molecule has 3 nitrogen and oxygen atoms in total. The molecule has 4 heteroatoms. The number of likely N-dealkylation sites (tertiary alicyclic amines) is 1. The molecule has 1 N–H and O–H groups in total. The van der Waals surface area contributed by atoms with Crippen LogP contribution in [0.2, 0.25) is 0 Å². The fraction of sp³-hybridized carbons (Fsp3) is 0.625. The minimum atomic E-state index is -0.245. The van der Waals surface area contributed by atoms with Gasteiger partial charge in [0.25, 0.3) is 0 Å². The molecule has 1 aliphatic heterocycles. The molecule has 0 radical (unpaired) electrons. The molecule has 0 aliphatic carbocycles. The number of hydrogen-bond acceptors (Lipinski definition) is 3. The van der Waals surface area contributed by atoms with Crippen LogP contribution < -0.4 is 10.1 Å². The Balaban J connectivity index is 1.92. The molecule has 1 aromatic rings. The van der Waals surface area contributed by atoms with E-state index in [1.54, 1.807) is 6.07 Å². The smallest absolute Gasteiger partial charge is 0.127 e. The van der Waals surface area contributed by atoms with E-state index in [9.17, 15) is 4.39 Å². The van der Waals surface area contributed by atoms with Crippen molar-refractivity contribution in [2.24, 2.45) is 0 Å². The highest BCUT2D eigenvalue weighted by Gasteiger charge is 2.13. The first-order chi connectivity index (χ1) is 9.70. The van der Waals surface area contributed by atoms with Crippen molar-refractivity contribution in [2.75, 3.05) is 33.3 Å². The molecule has 1 aromatic carbocycles. The van der Waals surface area contributed by atoms with Crippen molar-refractivity contribution >= 4 is 0 Å². The molecule has 1 atom stereocenters. The van der Waals surface area contributed by atoms with Gasteiger partial charge in [0.05, 0.1) is 0 Å². The van der Waals surface area contributed by atoms with Crippen LogP contribution in [0, 0.1) is 5.82 Å². The molecule has 0 spiro atoms. The Kier molecular flexibility index (Phi) is 5.80. The normalized spacial score (nSPS) is 17.9. The van der Waals surface area contributed by atoms with E-state index < -0.39 is 0 Å². The molecule has 0 amide bonds. The molecule has 1 saturated heterocycles. The van der Waals surface area contributed by atoms with Gasteiger partial charge in [0.15, 0.2) is 0 Å². The van der Waals surface area contributed by atoms with Crippen LogP contribution in [0.1, 0.15) is 37.8 Å². The van der Waals surface area contributed by atoms with Crippen LogP contribution in [-0.2, 0) is 0 Å². The van der Waals surface area contributed by atoms with Gasteiger partial charge in [-0.1, -0.05) is 12.5 Å². The lowest BCUT2D eigenvalue weighted by atomic mass is 10.1. The van der Waals surface area contributed by atoms with Crippen LogP contribution >= 0.6 is 0 Å². The summed E-state index contributed by atoms with van der Waals surface area (Å²) >= 11 is 0. The lowest BCUT2D eigenvalue weighted by Crippen LogP contribution is -2.33. The SMILES string of the molecule is CNC(C)c1ccc(F)cc1OCCN1CCCCC1. The summed E-state index contributed by atoms with van der Waals surface area (Å²) in [5, 5.41) is 3.17. The summed E-state index contributed by atoms with van der Waals surface area (Å²) in [6.07, 6.45) is 3.90. The van der Waals surface area contributed by atoms with E-state index in [1.807, 2.05) is 14.0 Å². The number of nitrogens with zero attached hydrogens (tertiary/aromatic N) is 1. The summed E-state index contributed by atoms with van der Waals surface area (Å²) in [6.45, 7) is 5.90. The van der Waals surface area contributed by atoms with Gasteiger partial charge < -0.3 is 10.1 Å². The molecule has 0 bridgehead atoms. The number of piperidine rings is 1. The third-order valence-corrected chi connectivity index (χ3v) is 3.99. The molecular formula is C16H25FN2O. The Labute approximate surface area is 121 Å². The molecule has 0 saturated carbocycles. The van der Waals surface area contributed by atoms with Crippen molar-refractivity contribution < 1.29 is 9.13 Å². The fourth-order valence-corrected chi connectivity index (χ4v) is 2.61. The van der Waals surface area contributed by atoms with Crippen molar-refractivity contribution in [2.45, 2.75) is 32.2 Å². The van der Waals surface area contributed by atoms with E-state index in [-0.39, 0.29) is 11.9 Å². The number of nitrogens with one attached hydrogen (secondary N) is 1. The fourth-order valence-electron chi connectivity index (χ4n) is 2.61. The molecule has 0 aromatic heterocycles. The van der Waals surface area contributed by atoms with Gasteiger partial charge in [-0.05, 0) is 46.0 Å². The minimum absolute atomic E-state index is 0.153. The van der Waals surface area contributed by atoms with Gasteiger partial charge in [0.2, 0.25) is 0 Å². The van der Waals surface area contributed by atoms with Gasteiger partial charge >= 0.3 is 0 Å². The molecule has 2 rings (SSSR count). The maximum absolute atomic E-state index is 13.4. The standard InChI is InChI=1S/C16H25FN2O/c1-13(18-2)15-7-6-14(17)12-16(15)20-11-10-19-8-4-3-5-9-19/h6-7,12-13,18H,3-5,8-11H2,1-2H3. The highest BCUT2D eigenvalue weighted by molar-refractivity contribution is 5.36. The van der Waals surface area contributed by atoms with E-state index in [0.29, 0.717) is 12.4 Å². The summed E-state index contributed by atoms with van der Waals surface area (Å²) in [6, 6.07) is 4.92. The van der Waals surface area contributed by atoms with Gasteiger partial charge in [-0.15, -0.1) is 0 Å².